The number of hydrogen-bond donors (Lipinski definition) is 1. The predicted molar refractivity (Wildman–Crippen MR) is 72.7 cm³/mol. The molecular weight excluding hydrogens is 246 g/mol. The second-order valence-electron chi connectivity index (χ2n) is 5.57. The number of nitrogens with two attached hydrogens (primary N) is 1. The number of benzene rings is 1. The molecule has 0 radical (unpaired) electrons. The maximum Gasteiger partial charge on any atom is 0.130 e. The Bertz CT molecular complexity index is 416. The summed E-state index contributed by atoms with van der Waals surface area (Å²) in [5.74, 6) is 0.0655. The molecule has 0 aromatic heterocycles. The maximum absolute atomic E-state index is 13.8. The van der Waals surface area contributed by atoms with Gasteiger partial charge in [0.2, 0.25) is 0 Å². The fraction of sp³-hybridized carbons (Fsp3) is 0.600. The predicted octanol–water partition coefficient (Wildman–Crippen LogP) is 2.94. The highest BCUT2D eigenvalue weighted by Crippen LogP contribution is 2.31. The first kappa shape index (κ1) is 14.4. The summed E-state index contributed by atoms with van der Waals surface area (Å²) < 4.78 is 27.6. The number of rotatable bonds is 3. The fourth-order valence-electron chi connectivity index (χ4n) is 2.93. The highest BCUT2D eigenvalue weighted by atomic mass is 19.1. The summed E-state index contributed by atoms with van der Waals surface area (Å²) in [6.45, 7) is 6.37. The van der Waals surface area contributed by atoms with Crippen LogP contribution in [0, 0.1) is 23.5 Å². The van der Waals surface area contributed by atoms with Crippen molar-refractivity contribution in [2.45, 2.75) is 26.3 Å². The lowest BCUT2D eigenvalue weighted by atomic mass is 9.86. The zero-order chi connectivity index (χ0) is 14.0. The van der Waals surface area contributed by atoms with E-state index in [2.05, 4.69) is 11.8 Å². The lowest BCUT2D eigenvalue weighted by molar-refractivity contribution is 0.0947. The molecule has 1 aromatic rings. The first-order valence-corrected chi connectivity index (χ1v) is 6.92. The molecule has 0 bridgehead atoms. The molecule has 1 saturated heterocycles. The molecule has 3 atom stereocenters. The van der Waals surface area contributed by atoms with E-state index in [-0.39, 0.29) is 11.6 Å². The minimum Gasteiger partial charge on any atom is -0.330 e. The highest BCUT2D eigenvalue weighted by molar-refractivity contribution is 5.23. The van der Waals surface area contributed by atoms with Gasteiger partial charge in [0.1, 0.15) is 11.6 Å². The third kappa shape index (κ3) is 2.95. The molecule has 1 fully saturated rings. The fourth-order valence-corrected chi connectivity index (χ4v) is 2.93. The van der Waals surface area contributed by atoms with E-state index in [9.17, 15) is 8.78 Å². The standard InChI is InChI=1S/C15H22F2N2/c1-10-6-7-19(9-12(10)8-18)11(2)15-13(16)4-3-5-14(15)17/h3-5,10-12H,6-9,18H2,1-2H3. The molecular formula is C15H22F2N2. The van der Waals surface area contributed by atoms with Crippen LogP contribution in [0.15, 0.2) is 18.2 Å². The first-order chi connectivity index (χ1) is 9.04. The van der Waals surface area contributed by atoms with Crippen LogP contribution in [0.2, 0.25) is 0 Å². The molecule has 106 valence electrons. The lowest BCUT2D eigenvalue weighted by Crippen LogP contribution is -2.43. The number of halogens is 2. The average molecular weight is 268 g/mol. The van der Waals surface area contributed by atoms with Gasteiger partial charge in [0.15, 0.2) is 0 Å². The van der Waals surface area contributed by atoms with E-state index < -0.39 is 11.6 Å². The molecule has 2 N–H and O–H groups in total. The third-order valence-electron chi connectivity index (χ3n) is 4.41. The summed E-state index contributed by atoms with van der Waals surface area (Å²) in [5.41, 5.74) is 5.95. The summed E-state index contributed by atoms with van der Waals surface area (Å²) in [5, 5.41) is 0. The van der Waals surface area contributed by atoms with E-state index in [0.717, 1.165) is 19.5 Å². The van der Waals surface area contributed by atoms with Crippen molar-refractivity contribution in [3.63, 3.8) is 0 Å². The molecule has 0 aliphatic carbocycles. The minimum absolute atomic E-state index is 0.174. The van der Waals surface area contributed by atoms with E-state index in [0.29, 0.717) is 18.4 Å². The number of likely N-dealkylation sites (tertiary alicyclic amines) is 1. The van der Waals surface area contributed by atoms with Crippen molar-refractivity contribution in [3.05, 3.63) is 35.4 Å². The quantitative estimate of drug-likeness (QED) is 0.913. The minimum atomic E-state index is -0.463. The zero-order valence-corrected chi connectivity index (χ0v) is 11.6. The first-order valence-electron chi connectivity index (χ1n) is 6.92. The monoisotopic (exact) mass is 268 g/mol. The SMILES string of the molecule is CC1CCN(C(C)c2c(F)cccc2F)CC1CN. The molecule has 2 nitrogen and oxygen atoms in total. The van der Waals surface area contributed by atoms with Crippen LogP contribution in [-0.4, -0.2) is 24.5 Å². The Hall–Kier alpha value is -1.00. The topological polar surface area (TPSA) is 29.3 Å². The molecule has 0 saturated carbocycles. The van der Waals surface area contributed by atoms with Gasteiger partial charge in [-0.1, -0.05) is 13.0 Å². The van der Waals surface area contributed by atoms with Crippen molar-refractivity contribution < 1.29 is 8.78 Å². The number of nitrogens with zero attached hydrogens (tertiary/aromatic N) is 1. The van der Waals surface area contributed by atoms with Gasteiger partial charge >= 0.3 is 0 Å². The van der Waals surface area contributed by atoms with Gasteiger partial charge in [-0.15, -0.1) is 0 Å². The smallest absolute Gasteiger partial charge is 0.130 e. The van der Waals surface area contributed by atoms with Crippen LogP contribution >= 0.6 is 0 Å². The average Bonchev–Trinajstić information content (AvgIpc) is 2.39. The van der Waals surface area contributed by atoms with Gasteiger partial charge in [-0.05, 0) is 50.4 Å². The van der Waals surface area contributed by atoms with Crippen LogP contribution in [0.3, 0.4) is 0 Å². The van der Waals surface area contributed by atoms with Gasteiger partial charge < -0.3 is 5.73 Å². The Morgan fingerprint density at radius 2 is 2.00 bits per heavy atom. The van der Waals surface area contributed by atoms with Crippen molar-refractivity contribution in [2.75, 3.05) is 19.6 Å². The molecule has 2 rings (SSSR count). The van der Waals surface area contributed by atoms with Crippen LogP contribution in [-0.2, 0) is 0 Å². The second kappa shape index (κ2) is 5.97. The van der Waals surface area contributed by atoms with E-state index in [1.807, 2.05) is 6.92 Å². The second-order valence-corrected chi connectivity index (χ2v) is 5.57. The van der Waals surface area contributed by atoms with Gasteiger partial charge in [-0.25, -0.2) is 8.78 Å². The van der Waals surface area contributed by atoms with E-state index in [1.54, 1.807) is 0 Å². The van der Waals surface area contributed by atoms with E-state index >= 15 is 0 Å². The summed E-state index contributed by atoms with van der Waals surface area (Å²) in [6.07, 6.45) is 1.03. The Labute approximate surface area is 113 Å². The molecule has 0 amide bonds. The zero-order valence-electron chi connectivity index (χ0n) is 11.6. The largest absolute Gasteiger partial charge is 0.330 e. The Kier molecular flexibility index (Phi) is 4.53. The van der Waals surface area contributed by atoms with Gasteiger partial charge in [-0.2, -0.15) is 0 Å². The summed E-state index contributed by atoms with van der Waals surface area (Å²) in [6, 6.07) is 3.80. The molecule has 1 aromatic carbocycles. The maximum atomic E-state index is 13.8. The highest BCUT2D eigenvalue weighted by Gasteiger charge is 2.30. The van der Waals surface area contributed by atoms with Crippen molar-refractivity contribution in [2.24, 2.45) is 17.6 Å². The van der Waals surface area contributed by atoms with Crippen LogP contribution in [0.5, 0.6) is 0 Å². The molecule has 4 heteroatoms. The van der Waals surface area contributed by atoms with Crippen LogP contribution in [0.4, 0.5) is 8.78 Å². The summed E-state index contributed by atoms with van der Waals surface area (Å²) in [7, 11) is 0. The Morgan fingerprint density at radius 3 is 2.58 bits per heavy atom. The van der Waals surface area contributed by atoms with Gasteiger partial charge in [-0.3, -0.25) is 4.90 Å². The molecule has 3 unspecified atom stereocenters. The van der Waals surface area contributed by atoms with Crippen LogP contribution in [0.1, 0.15) is 31.9 Å². The lowest BCUT2D eigenvalue weighted by Gasteiger charge is -2.40. The molecule has 1 aliphatic heterocycles. The van der Waals surface area contributed by atoms with E-state index in [4.69, 9.17) is 5.73 Å². The van der Waals surface area contributed by atoms with Gasteiger partial charge in [0, 0.05) is 18.2 Å². The van der Waals surface area contributed by atoms with Crippen molar-refractivity contribution >= 4 is 0 Å². The Balaban J connectivity index is 2.18. The van der Waals surface area contributed by atoms with Crippen molar-refractivity contribution in [1.82, 2.24) is 4.90 Å². The Morgan fingerprint density at radius 1 is 1.37 bits per heavy atom. The van der Waals surface area contributed by atoms with E-state index in [1.165, 1.54) is 18.2 Å². The molecule has 19 heavy (non-hydrogen) atoms. The summed E-state index contributed by atoms with van der Waals surface area (Å²) >= 11 is 0. The van der Waals surface area contributed by atoms with Crippen LogP contribution in [0.25, 0.3) is 0 Å². The van der Waals surface area contributed by atoms with Crippen molar-refractivity contribution in [1.29, 1.82) is 0 Å². The third-order valence-corrected chi connectivity index (χ3v) is 4.41. The van der Waals surface area contributed by atoms with Crippen molar-refractivity contribution in [3.8, 4) is 0 Å². The number of hydrogen-bond acceptors (Lipinski definition) is 2. The normalized spacial score (nSPS) is 26.4. The summed E-state index contributed by atoms with van der Waals surface area (Å²) in [4.78, 5) is 2.14. The van der Waals surface area contributed by atoms with Gasteiger partial charge in [0.25, 0.3) is 0 Å². The van der Waals surface area contributed by atoms with Gasteiger partial charge in [0.05, 0.1) is 0 Å². The number of piperidine rings is 1. The molecule has 0 spiro atoms. The van der Waals surface area contributed by atoms with Crippen LogP contribution < -0.4 is 5.73 Å². The molecule has 1 aliphatic rings. The molecule has 1 heterocycles.